The number of H-pyrrole nitrogens is 1. The maximum absolute atomic E-state index is 11.2. The minimum atomic E-state index is -0.602. The van der Waals surface area contributed by atoms with Crippen LogP contribution in [0.4, 0.5) is 11.5 Å². The largest absolute Gasteiger partial charge is 0.368 e. The Morgan fingerprint density at radius 1 is 1.73 bits per heavy atom. The van der Waals surface area contributed by atoms with Gasteiger partial charge >= 0.3 is 5.82 Å². The Morgan fingerprint density at radius 3 is 2.93 bits per heavy atom. The number of carbonyl (C=O) groups excluding carboxylic acids is 1. The molecule has 0 fully saturated rings. The lowest BCUT2D eigenvalue weighted by Crippen LogP contribution is -2.28. The van der Waals surface area contributed by atoms with E-state index in [4.69, 9.17) is 0 Å². The first-order chi connectivity index (χ1) is 7.02. The van der Waals surface area contributed by atoms with Crippen LogP contribution in [0, 0.1) is 10.1 Å². The Morgan fingerprint density at radius 2 is 2.40 bits per heavy atom. The molecule has 8 nitrogen and oxygen atoms in total. The van der Waals surface area contributed by atoms with E-state index in [-0.39, 0.29) is 24.0 Å². The Kier molecular flexibility index (Phi) is 3.21. The fourth-order valence-corrected chi connectivity index (χ4v) is 0.877. The van der Waals surface area contributed by atoms with E-state index in [1.54, 1.807) is 14.1 Å². The second-order valence-electron chi connectivity index (χ2n) is 3.03. The molecule has 0 aliphatic carbocycles. The van der Waals surface area contributed by atoms with Crippen LogP contribution in [0.1, 0.15) is 0 Å². The molecule has 0 bridgehead atoms. The van der Waals surface area contributed by atoms with E-state index in [1.165, 1.54) is 11.1 Å². The molecule has 0 radical (unpaired) electrons. The molecule has 8 heteroatoms. The molecule has 0 spiro atoms. The van der Waals surface area contributed by atoms with Gasteiger partial charge in [-0.2, -0.15) is 0 Å². The van der Waals surface area contributed by atoms with Crippen LogP contribution in [0.25, 0.3) is 0 Å². The van der Waals surface area contributed by atoms with Gasteiger partial charge in [-0.25, -0.2) is 0 Å². The van der Waals surface area contributed by atoms with E-state index in [2.05, 4.69) is 15.5 Å². The molecule has 1 aromatic heterocycles. The predicted molar refractivity (Wildman–Crippen MR) is 52.4 cm³/mol. The number of carbonyl (C=O) groups is 1. The number of hydrogen-bond acceptors (Lipinski definition) is 5. The quantitative estimate of drug-likeness (QED) is 0.533. The van der Waals surface area contributed by atoms with Gasteiger partial charge in [0.15, 0.2) is 5.69 Å². The summed E-state index contributed by atoms with van der Waals surface area (Å²) in [7, 11) is 3.21. The summed E-state index contributed by atoms with van der Waals surface area (Å²) < 4.78 is 0. The Labute approximate surface area is 85.4 Å². The van der Waals surface area contributed by atoms with E-state index < -0.39 is 4.92 Å². The van der Waals surface area contributed by atoms with Crippen molar-refractivity contribution >= 4 is 17.4 Å². The van der Waals surface area contributed by atoms with Crippen molar-refractivity contribution in [3.8, 4) is 0 Å². The van der Waals surface area contributed by atoms with Crippen LogP contribution in [0.15, 0.2) is 6.20 Å². The minimum absolute atomic E-state index is 0.00657. The monoisotopic (exact) mass is 213 g/mol. The van der Waals surface area contributed by atoms with Crippen LogP contribution in [-0.4, -0.2) is 46.6 Å². The molecule has 82 valence electrons. The van der Waals surface area contributed by atoms with E-state index in [9.17, 15) is 14.9 Å². The van der Waals surface area contributed by atoms with Crippen LogP contribution < -0.4 is 5.32 Å². The number of rotatable bonds is 4. The number of aromatic nitrogens is 2. The maximum atomic E-state index is 11.2. The molecule has 0 aliphatic heterocycles. The number of hydrogen-bond donors (Lipinski definition) is 2. The average Bonchev–Trinajstić information content (AvgIpc) is 2.61. The lowest BCUT2D eigenvalue weighted by Gasteiger charge is -2.10. The summed E-state index contributed by atoms with van der Waals surface area (Å²) in [6, 6.07) is 0. The predicted octanol–water partition coefficient (Wildman–Crippen LogP) is -0.182. The first kappa shape index (κ1) is 11.0. The maximum Gasteiger partial charge on any atom is 0.366 e. The summed E-state index contributed by atoms with van der Waals surface area (Å²) in [4.78, 5) is 22.4. The molecule has 0 saturated heterocycles. The van der Waals surface area contributed by atoms with Gasteiger partial charge in [-0.1, -0.05) is 5.10 Å². The highest BCUT2D eigenvalue weighted by Crippen LogP contribution is 2.18. The Hall–Kier alpha value is -2.12. The van der Waals surface area contributed by atoms with Crippen molar-refractivity contribution in [2.24, 2.45) is 0 Å². The van der Waals surface area contributed by atoms with Crippen LogP contribution in [-0.2, 0) is 4.79 Å². The first-order valence-corrected chi connectivity index (χ1v) is 4.14. The number of nitrogens with one attached hydrogen (secondary N) is 2. The minimum Gasteiger partial charge on any atom is -0.368 e. The molecule has 1 aromatic rings. The van der Waals surface area contributed by atoms with Crippen molar-refractivity contribution in [1.29, 1.82) is 0 Å². The Balaban J connectivity index is 2.62. The molecule has 0 aromatic carbocycles. The highest BCUT2D eigenvalue weighted by atomic mass is 16.6. The van der Waals surface area contributed by atoms with Gasteiger partial charge in [-0.3, -0.25) is 4.79 Å². The SMILES string of the molecule is CN(C)C(=O)CNc1cn[nH]c1[N+](=O)[O-]. The fourth-order valence-electron chi connectivity index (χ4n) is 0.877. The summed E-state index contributed by atoms with van der Waals surface area (Å²) >= 11 is 0. The number of likely N-dealkylation sites (N-methyl/N-ethyl adjacent to an activating group) is 1. The number of aromatic amines is 1. The molecular weight excluding hydrogens is 202 g/mol. The zero-order chi connectivity index (χ0) is 11.4. The molecular formula is C7H11N5O3. The summed E-state index contributed by atoms with van der Waals surface area (Å²) in [5, 5.41) is 18.8. The molecule has 1 heterocycles. The molecule has 1 amide bonds. The van der Waals surface area contributed by atoms with Crippen molar-refractivity contribution in [2.75, 3.05) is 26.0 Å². The van der Waals surface area contributed by atoms with Crippen LogP contribution in [0.2, 0.25) is 0 Å². The van der Waals surface area contributed by atoms with Crippen LogP contribution >= 0.6 is 0 Å². The van der Waals surface area contributed by atoms with E-state index >= 15 is 0 Å². The summed E-state index contributed by atoms with van der Waals surface area (Å²) in [6.45, 7) is -0.00657. The second kappa shape index (κ2) is 4.40. The van der Waals surface area contributed by atoms with Gasteiger partial charge in [0.25, 0.3) is 0 Å². The third-order valence-electron chi connectivity index (χ3n) is 1.73. The van der Waals surface area contributed by atoms with Crippen molar-refractivity contribution in [3.05, 3.63) is 16.3 Å². The standard InChI is InChI=1S/C7H11N5O3/c1-11(2)6(13)4-8-5-3-9-10-7(5)12(14)15/h3,8H,4H2,1-2H3,(H,9,10). The topological polar surface area (TPSA) is 104 Å². The first-order valence-electron chi connectivity index (χ1n) is 4.14. The summed E-state index contributed by atoms with van der Waals surface area (Å²) in [5.41, 5.74) is 0.204. The lowest BCUT2D eigenvalue weighted by molar-refractivity contribution is -0.388. The normalized spacial score (nSPS) is 9.73. The highest BCUT2D eigenvalue weighted by molar-refractivity contribution is 5.80. The average molecular weight is 213 g/mol. The number of nitrogens with zero attached hydrogens (tertiary/aromatic N) is 3. The summed E-state index contributed by atoms with van der Waals surface area (Å²) in [6.07, 6.45) is 1.26. The third kappa shape index (κ3) is 2.66. The fraction of sp³-hybridized carbons (Fsp3) is 0.429. The van der Waals surface area contributed by atoms with Crippen molar-refractivity contribution in [3.63, 3.8) is 0 Å². The number of amides is 1. The van der Waals surface area contributed by atoms with Gasteiger partial charge < -0.3 is 20.3 Å². The molecule has 2 N–H and O–H groups in total. The molecule has 0 unspecified atom stereocenters. The molecule has 1 rings (SSSR count). The van der Waals surface area contributed by atoms with Gasteiger partial charge in [0, 0.05) is 14.1 Å². The van der Waals surface area contributed by atoms with Gasteiger partial charge in [0.2, 0.25) is 5.91 Å². The van der Waals surface area contributed by atoms with Crippen molar-refractivity contribution in [2.45, 2.75) is 0 Å². The van der Waals surface area contributed by atoms with E-state index in [0.717, 1.165) is 0 Å². The molecule has 15 heavy (non-hydrogen) atoms. The van der Waals surface area contributed by atoms with E-state index in [1.807, 2.05) is 0 Å². The molecule has 0 saturated carbocycles. The van der Waals surface area contributed by atoms with Crippen LogP contribution in [0.5, 0.6) is 0 Å². The van der Waals surface area contributed by atoms with Gasteiger partial charge in [0.1, 0.15) is 6.20 Å². The zero-order valence-electron chi connectivity index (χ0n) is 8.35. The van der Waals surface area contributed by atoms with Crippen molar-refractivity contribution in [1.82, 2.24) is 15.1 Å². The number of nitro groups is 1. The highest BCUT2D eigenvalue weighted by Gasteiger charge is 2.15. The second-order valence-corrected chi connectivity index (χ2v) is 3.03. The van der Waals surface area contributed by atoms with Crippen molar-refractivity contribution < 1.29 is 9.72 Å². The third-order valence-corrected chi connectivity index (χ3v) is 1.73. The Bertz CT molecular complexity index is 372. The lowest BCUT2D eigenvalue weighted by atomic mass is 10.4. The smallest absolute Gasteiger partial charge is 0.366 e. The van der Waals surface area contributed by atoms with Gasteiger partial charge in [-0.15, -0.1) is 5.10 Å². The molecule has 0 atom stereocenters. The van der Waals surface area contributed by atoms with E-state index in [0.29, 0.717) is 0 Å². The van der Waals surface area contributed by atoms with Crippen LogP contribution in [0.3, 0.4) is 0 Å². The number of anilines is 1. The van der Waals surface area contributed by atoms with Gasteiger partial charge in [-0.05, 0) is 4.92 Å². The summed E-state index contributed by atoms with van der Waals surface area (Å²) in [5.74, 6) is -0.424. The zero-order valence-corrected chi connectivity index (χ0v) is 8.35. The molecule has 0 aliphatic rings. The van der Waals surface area contributed by atoms with Gasteiger partial charge in [0.05, 0.1) is 6.54 Å².